The van der Waals surface area contributed by atoms with Crippen LogP contribution in [0.2, 0.25) is 18.1 Å². The monoisotopic (exact) mass is 344 g/mol. The molecule has 0 spiro atoms. The molecule has 1 unspecified atom stereocenters. The standard InChI is InChI=1S/C17H32O5Si/c1-9-16(22-14(3)19)15(12-20-13(2)18)10-11-21-23(7,8)17(4,5)6/h10,16H,9,11-12H2,1-8H3/b15-10+. The van der Waals surface area contributed by atoms with Crippen molar-refractivity contribution in [1.29, 1.82) is 0 Å². The first kappa shape index (κ1) is 21.9. The van der Waals surface area contributed by atoms with Crippen LogP contribution in [-0.4, -0.2) is 39.6 Å². The predicted octanol–water partition coefficient (Wildman–Crippen LogP) is 3.84. The Morgan fingerprint density at radius 1 is 1.13 bits per heavy atom. The summed E-state index contributed by atoms with van der Waals surface area (Å²) in [5.74, 6) is -0.713. The molecular weight excluding hydrogens is 312 g/mol. The minimum Gasteiger partial charge on any atom is -0.461 e. The highest BCUT2D eigenvalue weighted by Gasteiger charge is 2.36. The van der Waals surface area contributed by atoms with E-state index in [4.69, 9.17) is 13.9 Å². The second-order valence-electron chi connectivity index (χ2n) is 7.14. The van der Waals surface area contributed by atoms with Gasteiger partial charge in [0.2, 0.25) is 0 Å². The molecular formula is C17H32O5Si. The largest absolute Gasteiger partial charge is 0.461 e. The molecule has 134 valence electrons. The Morgan fingerprint density at radius 3 is 2.09 bits per heavy atom. The average molecular weight is 345 g/mol. The molecule has 5 nitrogen and oxygen atoms in total. The lowest BCUT2D eigenvalue weighted by molar-refractivity contribution is -0.145. The lowest BCUT2D eigenvalue weighted by atomic mass is 10.1. The second-order valence-corrected chi connectivity index (χ2v) is 11.9. The average Bonchev–Trinajstić information content (AvgIpc) is 2.38. The molecule has 0 aromatic heterocycles. The zero-order chi connectivity index (χ0) is 18.3. The van der Waals surface area contributed by atoms with Gasteiger partial charge in [0.05, 0.1) is 6.61 Å². The number of carbonyl (C=O) groups is 2. The van der Waals surface area contributed by atoms with Crippen LogP contribution < -0.4 is 0 Å². The molecule has 0 radical (unpaired) electrons. The van der Waals surface area contributed by atoms with E-state index in [9.17, 15) is 9.59 Å². The number of rotatable bonds is 8. The molecule has 0 saturated carbocycles. The van der Waals surface area contributed by atoms with Crippen molar-refractivity contribution in [3.8, 4) is 0 Å². The van der Waals surface area contributed by atoms with E-state index in [0.29, 0.717) is 13.0 Å². The Hall–Kier alpha value is -1.14. The summed E-state index contributed by atoms with van der Waals surface area (Å²) in [4.78, 5) is 22.3. The first-order valence-corrected chi connectivity index (χ1v) is 10.9. The topological polar surface area (TPSA) is 61.8 Å². The predicted molar refractivity (Wildman–Crippen MR) is 93.7 cm³/mol. The summed E-state index contributed by atoms with van der Waals surface area (Å²) < 4.78 is 16.5. The molecule has 0 aliphatic carbocycles. The van der Waals surface area contributed by atoms with Crippen molar-refractivity contribution in [3.63, 3.8) is 0 Å². The normalized spacial score (nSPS) is 14.3. The van der Waals surface area contributed by atoms with Crippen LogP contribution in [0.25, 0.3) is 0 Å². The van der Waals surface area contributed by atoms with Gasteiger partial charge < -0.3 is 13.9 Å². The minimum absolute atomic E-state index is 0.113. The molecule has 0 aliphatic heterocycles. The van der Waals surface area contributed by atoms with Gasteiger partial charge in [-0.15, -0.1) is 0 Å². The van der Waals surface area contributed by atoms with Crippen molar-refractivity contribution < 1.29 is 23.5 Å². The Labute approximate surface area is 141 Å². The summed E-state index contributed by atoms with van der Waals surface area (Å²) >= 11 is 0. The first-order valence-electron chi connectivity index (χ1n) is 8.04. The van der Waals surface area contributed by atoms with Crippen LogP contribution in [0.3, 0.4) is 0 Å². The minimum atomic E-state index is -1.85. The molecule has 1 atom stereocenters. The van der Waals surface area contributed by atoms with E-state index >= 15 is 0 Å². The van der Waals surface area contributed by atoms with Crippen molar-refractivity contribution in [2.45, 2.75) is 72.2 Å². The van der Waals surface area contributed by atoms with Crippen molar-refractivity contribution in [2.24, 2.45) is 0 Å². The second kappa shape index (κ2) is 9.23. The third-order valence-corrected chi connectivity index (χ3v) is 8.63. The number of hydrogen-bond acceptors (Lipinski definition) is 5. The highest BCUT2D eigenvalue weighted by molar-refractivity contribution is 6.74. The quantitative estimate of drug-likeness (QED) is 0.380. The molecule has 0 N–H and O–H groups in total. The van der Waals surface area contributed by atoms with E-state index < -0.39 is 14.4 Å². The summed E-state index contributed by atoms with van der Waals surface area (Å²) in [6, 6.07) is 0. The fourth-order valence-electron chi connectivity index (χ4n) is 1.66. The van der Waals surface area contributed by atoms with Crippen molar-refractivity contribution in [3.05, 3.63) is 11.6 Å². The first-order chi connectivity index (χ1) is 10.4. The van der Waals surface area contributed by atoms with Crippen molar-refractivity contribution in [1.82, 2.24) is 0 Å². The maximum Gasteiger partial charge on any atom is 0.303 e. The number of carbonyl (C=O) groups excluding carboxylic acids is 2. The van der Waals surface area contributed by atoms with Gasteiger partial charge in [-0.25, -0.2) is 0 Å². The van der Waals surface area contributed by atoms with Crippen LogP contribution in [0.1, 0.15) is 48.0 Å². The molecule has 0 bridgehead atoms. The third-order valence-electron chi connectivity index (χ3n) is 4.13. The van der Waals surface area contributed by atoms with E-state index in [2.05, 4.69) is 33.9 Å². The van der Waals surface area contributed by atoms with E-state index in [-0.39, 0.29) is 23.6 Å². The van der Waals surface area contributed by atoms with Gasteiger partial charge in [-0.05, 0) is 24.6 Å². The summed E-state index contributed by atoms with van der Waals surface area (Å²) in [6.07, 6.45) is 2.10. The van der Waals surface area contributed by atoms with Crippen LogP contribution in [0.4, 0.5) is 0 Å². The van der Waals surface area contributed by atoms with Gasteiger partial charge in [0.1, 0.15) is 12.7 Å². The zero-order valence-electron chi connectivity index (χ0n) is 15.8. The lowest BCUT2D eigenvalue weighted by Gasteiger charge is -2.36. The summed E-state index contributed by atoms with van der Waals surface area (Å²) in [6.45, 7) is 16.1. The molecule has 6 heteroatoms. The maximum absolute atomic E-state index is 11.2. The van der Waals surface area contributed by atoms with E-state index in [1.54, 1.807) is 0 Å². The summed E-state index contributed by atoms with van der Waals surface area (Å²) in [5.41, 5.74) is 0.761. The number of hydrogen-bond donors (Lipinski definition) is 0. The van der Waals surface area contributed by atoms with Crippen LogP contribution >= 0.6 is 0 Å². The Kier molecular flexibility index (Phi) is 8.77. The van der Waals surface area contributed by atoms with Gasteiger partial charge in [-0.1, -0.05) is 33.8 Å². The molecule has 0 aromatic carbocycles. The molecule has 0 fully saturated rings. The summed E-state index contributed by atoms with van der Waals surface area (Å²) in [5, 5.41) is 0.122. The highest BCUT2D eigenvalue weighted by atomic mass is 28.4. The number of esters is 2. The third kappa shape index (κ3) is 8.32. The van der Waals surface area contributed by atoms with Crippen LogP contribution in [0.5, 0.6) is 0 Å². The SMILES string of the molecule is CCC(OC(C)=O)/C(=C/CO[Si](C)(C)C(C)(C)C)COC(C)=O. The van der Waals surface area contributed by atoms with Crippen LogP contribution in [0.15, 0.2) is 11.6 Å². The molecule has 23 heavy (non-hydrogen) atoms. The zero-order valence-corrected chi connectivity index (χ0v) is 16.8. The molecule has 0 amide bonds. The van der Waals surface area contributed by atoms with Crippen molar-refractivity contribution in [2.75, 3.05) is 13.2 Å². The van der Waals surface area contributed by atoms with Gasteiger partial charge >= 0.3 is 11.9 Å². The van der Waals surface area contributed by atoms with E-state index in [0.717, 1.165) is 5.57 Å². The van der Waals surface area contributed by atoms with Gasteiger partial charge in [0, 0.05) is 19.4 Å². The molecule has 0 heterocycles. The molecule has 0 aromatic rings. The van der Waals surface area contributed by atoms with Gasteiger partial charge in [0.25, 0.3) is 0 Å². The van der Waals surface area contributed by atoms with Crippen molar-refractivity contribution >= 4 is 20.3 Å². The van der Waals surface area contributed by atoms with Crippen LogP contribution in [-0.2, 0) is 23.5 Å². The lowest BCUT2D eigenvalue weighted by Crippen LogP contribution is -2.40. The Bertz CT molecular complexity index is 435. The Morgan fingerprint density at radius 2 is 1.70 bits per heavy atom. The summed E-state index contributed by atoms with van der Waals surface area (Å²) in [7, 11) is -1.85. The van der Waals surface area contributed by atoms with E-state index in [1.165, 1.54) is 13.8 Å². The molecule has 0 aliphatic rings. The highest BCUT2D eigenvalue weighted by Crippen LogP contribution is 2.36. The van der Waals surface area contributed by atoms with Gasteiger partial charge in [0.15, 0.2) is 8.32 Å². The molecule has 0 saturated heterocycles. The number of ether oxygens (including phenoxy) is 2. The van der Waals surface area contributed by atoms with Crippen LogP contribution in [0, 0.1) is 0 Å². The van der Waals surface area contributed by atoms with E-state index in [1.807, 2.05) is 13.0 Å². The van der Waals surface area contributed by atoms with Gasteiger partial charge in [-0.3, -0.25) is 9.59 Å². The fraction of sp³-hybridized carbons (Fsp3) is 0.765. The maximum atomic E-state index is 11.2. The molecule has 0 rings (SSSR count). The fourth-order valence-corrected chi connectivity index (χ4v) is 2.60. The smallest absolute Gasteiger partial charge is 0.303 e. The Balaban J connectivity index is 5.04. The van der Waals surface area contributed by atoms with Gasteiger partial charge in [-0.2, -0.15) is 0 Å².